The molecule has 114 valence electrons. The topological polar surface area (TPSA) is 57.7 Å². The first-order valence-electron chi connectivity index (χ1n) is 7.03. The van der Waals surface area contributed by atoms with Gasteiger partial charge in [0.1, 0.15) is 10.7 Å². The number of sulfonamides is 1. The molecule has 0 spiro atoms. The number of hydrogen-bond acceptors (Lipinski definition) is 3. The van der Waals surface area contributed by atoms with E-state index in [1.807, 2.05) is 0 Å². The number of halogens is 1. The van der Waals surface area contributed by atoms with Crippen LogP contribution in [-0.4, -0.2) is 49.7 Å². The van der Waals surface area contributed by atoms with Gasteiger partial charge in [0, 0.05) is 32.1 Å². The third kappa shape index (κ3) is 2.80. The standard InChI is InChI=1S/C14H17FN2O3S/c15-12-3-1-2-4-13(12)21(19,20)17-9-7-16(8-10-17)14(18)11-5-6-11/h1-4,11H,5-10H2. The van der Waals surface area contributed by atoms with E-state index < -0.39 is 15.8 Å². The summed E-state index contributed by atoms with van der Waals surface area (Å²) >= 11 is 0. The van der Waals surface area contributed by atoms with Gasteiger partial charge >= 0.3 is 0 Å². The van der Waals surface area contributed by atoms with Crippen molar-refractivity contribution in [2.45, 2.75) is 17.7 Å². The Morgan fingerprint density at radius 1 is 1.10 bits per heavy atom. The van der Waals surface area contributed by atoms with Crippen molar-refractivity contribution in [2.24, 2.45) is 5.92 Å². The van der Waals surface area contributed by atoms with Gasteiger partial charge in [0.15, 0.2) is 0 Å². The number of benzene rings is 1. The zero-order valence-electron chi connectivity index (χ0n) is 11.5. The van der Waals surface area contributed by atoms with E-state index in [1.165, 1.54) is 22.5 Å². The molecule has 1 aromatic rings. The summed E-state index contributed by atoms with van der Waals surface area (Å²) in [6.07, 6.45) is 1.87. The largest absolute Gasteiger partial charge is 0.340 e. The summed E-state index contributed by atoms with van der Waals surface area (Å²) in [6.45, 7) is 1.19. The molecule has 2 aliphatic rings. The molecule has 1 aliphatic heterocycles. The van der Waals surface area contributed by atoms with Crippen molar-refractivity contribution < 1.29 is 17.6 Å². The van der Waals surface area contributed by atoms with E-state index in [0.717, 1.165) is 18.9 Å². The van der Waals surface area contributed by atoms with Crippen molar-refractivity contribution in [1.82, 2.24) is 9.21 Å². The highest BCUT2D eigenvalue weighted by Crippen LogP contribution is 2.31. The molecule has 7 heteroatoms. The van der Waals surface area contributed by atoms with E-state index in [2.05, 4.69) is 0 Å². The zero-order valence-corrected chi connectivity index (χ0v) is 12.4. The van der Waals surface area contributed by atoms with Crippen LogP contribution in [0, 0.1) is 11.7 Å². The molecule has 2 fully saturated rings. The van der Waals surface area contributed by atoms with E-state index in [0.29, 0.717) is 13.1 Å². The summed E-state index contributed by atoms with van der Waals surface area (Å²) in [6, 6.07) is 5.37. The number of carbonyl (C=O) groups is 1. The van der Waals surface area contributed by atoms with Crippen LogP contribution in [0.5, 0.6) is 0 Å². The van der Waals surface area contributed by atoms with E-state index in [1.54, 1.807) is 4.90 Å². The first kappa shape index (κ1) is 14.5. The molecule has 0 atom stereocenters. The maximum absolute atomic E-state index is 13.7. The predicted molar refractivity (Wildman–Crippen MR) is 74.5 cm³/mol. The summed E-state index contributed by atoms with van der Waals surface area (Å²) in [7, 11) is -3.83. The smallest absolute Gasteiger partial charge is 0.246 e. The Balaban J connectivity index is 1.71. The Bertz CT molecular complexity index is 650. The van der Waals surface area contributed by atoms with Gasteiger partial charge in [-0.25, -0.2) is 12.8 Å². The van der Waals surface area contributed by atoms with Gasteiger partial charge < -0.3 is 4.90 Å². The summed E-state index contributed by atoms with van der Waals surface area (Å²) in [5, 5.41) is 0. The fraction of sp³-hybridized carbons (Fsp3) is 0.500. The second-order valence-corrected chi connectivity index (χ2v) is 7.34. The highest BCUT2D eigenvalue weighted by atomic mass is 32.2. The second-order valence-electron chi connectivity index (χ2n) is 5.43. The number of rotatable bonds is 3. The van der Waals surface area contributed by atoms with Gasteiger partial charge in [0.2, 0.25) is 15.9 Å². The Morgan fingerprint density at radius 2 is 1.71 bits per heavy atom. The van der Waals surface area contributed by atoms with Crippen LogP contribution in [0.2, 0.25) is 0 Å². The van der Waals surface area contributed by atoms with Crippen molar-refractivity contribution in [3.8, 4) is 0 Å². The number of hydrogen-bond donors (Lipinski definition) is 0. The molecule has 0 unspecified atom stereocenters. The second kappa shape index (κ2) is 5.38. The van der Waals surface area contributed by atoms with Crippen LogP contribution < -0.4 is 0 Å². The lowest BCUT2D eigenvalue weighted by atomic mass is 10.3. The molecule has 0 bridgehead atoms. The number of piperazine rings is 1. The number of amides is 1. The van der Waals surface area contributed by atoms with Crippen LogP contribution in [0.25, 0.3) is 0 Å². The van der Waals surface area contributed by atoms with E-state index in [4.69, 9.17) is 0 Å². The maximum atomic E-state index is 13.7. The zero-order chi connectivity index (χ0) is 15.0. The van der Waals surface area contributed by atoms with Crippen LogP contribution in [0.15, 0.2) is 29.2 Å². The van der Waals surface area contributed by atoms with Crippen LogP contribution in [-0.2, 0) is 14.8 Å². The summed E-state index contributed by atoms with van der Waals surface area (Å²) < 4.78 is 39.8. The quantitative estimate of drug-likeness (QED) is 0.839. The molecule has 1 heterocycles. The van der Waals surface area contributed by atoms with Gasteiger partial charge in [-0.15, -0.1) is 0 Å². The monoisotopic (exact) mass is 312 g/mol. The molecular weight excluding hydrogens is 295 g/mol. The third-order valence-electron chi connectivity index (χ3n) is 3.93. The SMILES string of the molecule is O=C(C1CC1)N1CCN(S(=O)(=O)c2ccccc2F)CC1. The lowest BCUT2D eigenvalue weighted by molar-refractivity contribution is -0.133. The minimum atomic E-state index is -3.83. The Labute approximate surface area is 123 Å². The summed E-state index contributed by atoms with van der Waals surface area (Å²) in [5.74, 6) is -0.480. The first-order chi connectivity index (χ1) is 10.00. The molecule has 0 N–H and O–H groups in total. The lowest BCUT2D eigenvalue weighted by Crippen LogP contribution is -2.51. The van der Waals surface area contributed by atoms with E-state index in [9.17, 15) is 17.6 Å². The molecule has 1 saturated heterocycles. The van der Waals surface area contributed by atoms with Crippen molar-refractivity contribution in [1.29, 1.82) is 0 Å². The van der Waals surface area contributed by atoms with E-state index in [-0.39, 0.29) is 29.8 Å². The minimum absolute atomic E-state index is 0.123. The predicted octanol–water partition coefficient (Wildman–Crippen LogP) is 1.07. The van der Waals surface area contributed by atoms with Gasteiger partial charge in [-0.3, -0.25) is 4.79 Å². The van der Waals surface area contributed by atoms with Gasteiger partial charge in [0.05, 0.1) is 0 Å². The van der Waals surface area contributed by atoms with Gasteiger partial charge in [-0.1, -0.05) is 12.1 Å². The molecule has 1 saturated carbocycles. The number of carbonyl (C=O) groups excluding carboxylic acids is 1. The van der Waals surface area contributed by atoms with Gasteiger partial charge in [0.25, 0.3) is 0 Å². The average molecular weight is 312 g/mol. The van der Waals surface area contributed by atoms with Crippen molar-refractivity contribution >= 4 is 15.9 Å². The Morgan fingerprint density at radius 3 is 2.29 bits per heavy atom. The van der Waals surface area contributed by atoms with Crippen LogP contribution >= 0.6 is 0 Å². The maximum Gasteiger partial charge on any atom is 0.246 e. The third-order valence-corrected chi connectivity index (χ3v) is 5.86. The molecule has 5 nitrogen and oxygen atoms in total. The average Bonchev–Trinajstić information content (AvgIpc) is 3.31. The Hall–Kier alpha value is -1.47. The Kier molecular flexibility index (Phi) is 3.71. The van der Waals surface area contributed by atoms with Crippen molar-refractivity contribution in [3.05, 3.63) is 30.1 Å². The molecule has 21 heavy (non-hydrogen) atoms. The molecular formula is C14H17FN2O3S. The highest BCUT2D eigenvalue weighted by Gasteiger charge is 2.37. The van der Waals surface area contributed by atoms with Crippen LogP contribution in [0.1, 0.15) is 12.8 Å². The van der Waals surface area contributed by atoms with Crippen LogP contribution in [0.3, 0.4) is 0 Å². The molecule has 1 aromatic carbocycles. The summed E-state index contributed by atoms with van der Waals surface area (Å²) in [5.41, 5.74) is 0. The fourth-order valence-corrected chi connectivity index (χ4v) is 4.02. The summed E-state index contributed by atoms with van der Waals surface area (Å²) in [4.78, 5) is 13.4. The molecule has 1 aliphatic carbocycles. The minimum Gasteiger partial charge on any atom is -0.340 e. The fourth-order valence-electron chi connectivity index (χ4n) is 2.53. The van der Waals surface area contributed by atoms with E-state index >= 15 is 0 Å². The van der Waals surface area contributed by atoms with Gasteiger partial charge in [-0.2, -0.15) is 4.31 Å². The molecule has 0 radical (unpaired) electrons. The normalized spacial score (nSPS) is 20.5. The molecule has 0 aromatic heterocycles. The highest BCUT2D eigenvalue weighted by molar-refractivity contribution is 7.89. The van der Waals surface area contributed by atoms with Crippen molar-refractivity contribution in [3.63, 3.8) is 0 Å². The first-order valence-corrected chi connectivity index (χ1v) is 8.47. The number of nitrogens with zero attached hydrogens (tertiary/aromatic N) is 2. The lowest BCUT2D eigenvalue weighted by Gasteiger charge is -2.34. The van der Waals surface area contributed by atoms with Gasteiger partial charge in [-0.05, 0) is 25.0 Å². The van der Waals surface area contributed by atoms with Crippen molar-refractivity contribution in [2.75, 3.05) is 26.2 Å². The van der Waals surface area contributed by atoms with Crippen LogP contribution in [0.4, 0.5) is 4.39 Å². The molecule has 1 amide bonds. The molecule has 3 rings (SSSR count).